The topological polar surface area (TPSA) is 113 Å². The molecule has 0 spiro atoms. The van der Waals surface area contributed by atoms with Gasteiger partial charge in [0.25, 0.3) is 0 Å². The van der Waals surface area contributed by atoms with Crippen molar-refractivity contribution in [2.45, 2.75) is 156 Å². The Kier molecular flexibility index (Phi) is 10.8. The quantitative estimate of drug-likeness (QED) is 0.175. The smallest absolute Gasteiger partial charge is 0.323 e. The number of carbonyl (C=O) groups is 1. The average molecular weight is 627 g/mol. The van der Waals surface area contributed by atoms with Crippen LogP contribution in [0.1, 0.15) is 131 Å². The van der Waals surface area contributed by atoms with E-state index in [1.807, 2.05) is 13.1 Å². The number of imidazole rings is 1. The molecule has 45 heavy (non-hydrogen) atoms. The normalized spacial score (nSPS) is 39.9. The van der Waals surface area contributed by atoms with Crippen LogP contribution >= 0.6 is 0 Å². The second kappa shape index (κ2) is 14.0. The fourth-order valence-corrected chi connectivity index (χ4v) is 11.2. The number of nitrogens with one attached hydrogen (secondary N) is 2. The number of nitrogens with zero attached hydrogens (tertiary/aromatic N) is 1. The number of aromatic amines is 1. The number of carbonyl (C=O) groups excluding carboxylic acids is 1. The van der Waals surface area contributed by atoms with E-state index in [2.05, 4.69) is 56.8 Å². The highest BCUT2D eigenvalue weighted by Gasteiger charge is 2.67. The molecule has 5 N–H and O–H groups in total. The van der Waals surface area contributed by atoms with Gasteiger partial charge in [-0.3, -0.25) is 4.79 Å². The molecule has 256 valence electrons. The van der Waals surface area contributed by atoms with E-state index in [0.29, 0.717) is 23.7 Å². The highest BCUT2D eigenvalue weighted by atomic mass is 16.5. The molecular weight excluding hydrogens is 560 g/mol. The molecule has 0 bridgehead atoms. The van der Waals surface area contributed by atoms with E-state index in [0.717, 1.165) is 68.0 Å². The van der Waals surface area contributed by atoms with E-state index in [1.165, 1.54) is 44.9 Å². The second-order valence-corrected chi connectivity index (χ2v) is 17.0. The Labute approximate surface area is 274 Å². The van der Waals surface area contributed by atoms with Gasteiger partial charge in [0.1, 0.15) is 12.1 Å². The molecule has 0 aliphatic heterocycles. The van der Waals surface area contributed by atoms with Crippen molar-refractivity contribution in [3.63, 3.8) is 0 Å². The standard InChI is InChI=1S/C38H66N4O3/c1-8-25(4)34(39)35(43)45-28-14-18-37(7)32-15-17-36(6)30(26(5)11-9-10-24(2)3)12-13-31(36)29(32)20-33(38(37,44)21-28)41-19-16-27-22-40-23-42-27/h22-26,28-34,41,44H,8-21,39H2,1-7H3,(H,40,42)/t25-,26+,28-,29-,30+,31-,32-,33+,34-,36+,37+,38-/m0/s1. The van der Waals surface area contributed by atoms with Crippen LogP contribution in [0.5, 0.6) is 0 Å². The molecule has 1 heterocycles. The summed E-state index contributed by atoms with van der Waals surface area (Å²) in [5.74, 6) is 3.96. The maximum atomic E-state index is 13.1. The highest BCUT2D eigenvalue weighted by Crippen LogP contribution is 2.69. The number of nitrogens with two attached hydrogens (primary N) is 1. The molecule has 1 aromatic heterocycles. The number of aromatic nitrogens is 2. The van der Waals surface area contributed by atoms with Crippen molar-refractivity contribution in [3.05, 3.63) is 18.2 Å². The van der Waals surface area contributed by atoms with Gasteiger partial charge < -0.3 is 25.9 Å². The van der Waals surface area contributed by atoms with Gasteiger partial charge in [-0.1, -0.05) is 74.1 Å². The van der Waals surface area contributed by atoms with Crippen LogP contribution in [0.15, 0.2) is 12.5 Å². The van der Waals surface area contributed by atoms with Crippen molar-refractivity contribution in [2.75, 3.05) is 6.54 Å². The van der Waals surface area contributed by atoms with Crippen LogP contribution in [-0.2, 0) is 16.0 Å². The number of H-pyrrole nitrogens is 1. The SMILES string of the molecule is CC[C@H](C)[C@H](N)C(=O)O[C@H]1CC[C@]2(C)[C@H]3CC[C@]4(C)[C@@H]([C@H](C)CCCC(C)C)CC[C@H]4[C@@H]3C[C@@H](NCCc3c[nH]cn3)[C@@]2(O)C1. The molecule has 7 nitrogen and oxygen atoms in total. The Hall–Kier alpha value is -1.44. The minimum absolute atomic E-state index is 0.0442. The Balaban J connectivity index is 1.36. The largest absolute Gasteiger partial charge is 0.461 e. The van der Waals surface area contributed by atoms with E-state index in [4.69, 9.17) is 10.5 Å². The number of rotatable bonds is 13. The second-order valence-electron chi connectivity index (χ2n) is 17.0. The minimum Gasteiger partial charge on any atom is -0.461 e. The van der Waals surface area contributed by atoms with Gasteiger partial charge in [-0.2, -0.15) is 0 Å². The van der Waals surface area contributed by atoms with Crippen LogP contribution in [0.3, 0.4) is 0 Å². The Morgan fingerprint density at radius 1 is 1.13 bits per heavy atom. The van der Waals surface area contributed by atoms with E-state index < -0.39 is 11.6 Å². The van der Waals surface area contributed by atoms with Crippen molar-refractivity contribution >= 4 is 5.97 Å². The summed E-state index contributed by atoms with van der Waals surface area (Å²) >= 11 is 0. The summed E-state index contributed by atoms with van der Waals surface area (Å²) in [7, 11) is 0. The zero-order chi connectivity index (χ0) is 32.6. The van der Waals surface area contributed by atoms with E-state index in [-0.39, 0.29) is 29.4 Å². The van der Waals surface area contributed by atoms with Gasteiger partial charge in [0.05, 0.1) is 17.6 Å². The molecule has 0 amide bonds. The summed E-state index contributed by atoms with van der Waals surface area (Å²) in [5, 5.41) is 16.8. The van der Waals surface area contributed by atoms with Crippen LogP contribution in [-0.4, -0.2) is 51.4 Å². The Morgan fingerprint density at radius 3 is 2.60 bits per heavy atom. The molecule has 7 heteroatoms. The first-order valence-corrected chi connectivity index (χ1v) is 18.7. The van der Waals surface area contributed by atoms with Gasteiger partial charge >= 0.3 is 5.97 Å². The fourth-order valence-electron chi connectivity index (χ4n) is 11.2. The van der Waals surface area contributed by atoms with Crippen molar-refractivity contribution in [1.82, 2.24) is 15.3 Å². The number of hydrogen-bond acceptors (Lipinski definition) is 6. The third-order valence-corrected chi connectivity index (χ3v) is 14.2. The molecular formula is C38H66N4O3. The van der Waals surface area contributed by atoms with Crippen molar-refractivity contribution < 1.29 is 14.6 Å². The molecule has 4 aliphatic carbocycles. The Morgan fingerprint density at radius 2 is 1.91 bits per heavy atom. The number of ether oxygens (including phenoxy) is 1. The summed E-state index contributed by atoms with van der Waals surface area (Å²) in [6.07, 6.45) is 17.5. The molecule has 5 rings (SSSR count). The highest BCUT2D eigenvalue weighted by molar-refractivity contribution is 5.76. The lowest BCUT2D eigenvalue weighted by Crippen LogP contribution is -2.71. The van der Waals surface area contributed by atoms with Gasteiger partial charge in [0.15, 0.2) is 0 Å². The molecule has 12 atom stereocenters. The van der Waals surface area contributed by atoms with Crippen molar-refractivity contribution in [2.24, 2.45) is 58.0 Å². The molecule has 0 unspecified atom stereocenters. The first-order valence-electron chi connectivity index (χ1n) is 18.7. The third kappa shape index (κ3) is 6.66. The number of hydrogen-bond donors (Lipinski definition) is 4. The lowest BCUT2D eigenvalue weighted by atomic mass is 9.42. The molecule has 0 aromatic carbocycles. The summed E-state index contributed by atoms with van der Waals surface area (Å²) in [5.41, 5.74) is 6.55. The summed E-state index contributed by atoms with van der Waals surface area (Å²) in [4.78, 5) is 20.6. The van der Waals surface area contributed by atoms with Crippen molar-refractivity contribution in [3.8, 4) is 0 Å². The van der Waals surface area contributed by atoms with Gasteiger partial charge in [-0.25, -0.2) is 4.98 Å². The zero-order valence-corrected chi connectivity index (χ0v) is 29.6. The van der Waals surface area contributed by atoms with Crippen LogP contribution < -0.4 is 11.1 Å². The molecule has 4 fully saturated rings. The van der Waals surface area contributed by atoms with Crippen LogP contribution in [0.4, 0.5) is 0 Å². The first kappa shape index (κ1) is 34.9. The van der Waals surface area contributed by atoms with E-state index >= 15 is 0 Å². The van der Waals surface area contributed by atoms with Crippen LogP contribution in [0, 0.1) is 52.3 Å². The van der Waals surface area contributed by atoms with Gasteiger partial charge in [0, 0.05) is 37.0 Å². The van der Waals surface area contributed by atoms with Crippen LogP contribution in [0.2, 0.25) is 0 Å². The predicted molar refractivity (Wildman–Crippen MR) is 181 cm³/mol. The third-order valence-electron chi connectivity index (χ3n) is 14.2. The van der Waals surface area contributed by atoms with Gasteiger partial charge in [-0.05, 0) is 91.8 Å². The monoisotopic (exact) mass is 627 g/mol. The first-order chi connectivity index (χ1) is 21.3. The zero-order valence-electron chi connectivity index (χ0n) is 29.6. The lowest BCUT2D eigenvalue weighted by molar-refractivity contribution is -0.237. The maximum absolute atomic E-state index is 13.1. The predicted octanol–water partition coefficient (Wildman–Crippen LogP) is 7.04. The summed E-state index contributed by atoms with van der Waals surface area (Å²) in [6, 6.07) is -0.659. The Bertz CT molecular complexity index is 1110. The number of esters is 1. The molecule has 4 saturated carbocycles. The van der Waals surface area contributed by atoms with Gasteiger partial charge in [-0.15, -0.1) is 0 Å². The van der Waals surface area contributed by atoms with E-state index in [1.54, 1.807) is 6.33 Å². The fraction of sp³-hybridized carbons (Fsp3) is 0.895. The van der Waals surface area contributed by atoms with Crippen LogP contribution in [0.25, 0.3) is 0 Å². The lowest BCUT2D eigenvalue weighted by Gasteiger charge is -2.66. The summed E-state index contributed by atoms with van der Waals surface area (Å²) < 4.78 is 6.09. The molecule has 0 radical (unpaired) electrons. The number of fused-ring (bicyclic) bond motifs is 5. The van der Waals surface area contributed by atoms with Crippen molar-refractivity contribution in [1.29, 1.82) is 0 Å². The molecule has 0 saturated heterocycles. The summed E-state index contributed by atoms with van der Waals surface area (Å²) in [6.45, 7) is 17.1. The maximum Gasteiger partial charge on any atom is 0.323 e. The number of aliphatic hydroxyl groups is 1. The minimum atomic E-state index is -0.945. The molecule has 1 aromatic rings. The average Bonchev–Trinajstić information content (AvgIpc) is 3.64. The van der Waals surface area contributed by atoms with E-state index in [9.17, 15) is 9.90 Å². The van der Waals surface area contributed by atoms with Gasteiger partial charge in [0.2, 0.25) is 0 Å². The molecule has 4 aliphatic rings.